The van der Waals surface area contributed by atoms with E-state index in [0.29, 0.717) is 24.2 Å². The molecule has 1 atom stereocenters. The molecule has 1 unspecified atom stereocenters. The van der Waals surface area contributed by atoms with Crippen LogP contribution in [-0.2, 0) is 16.1 Å². The van der Waals surface area contributed by atoms with E-state index in [1.807, 2.05) is 12.1 Å². The molecule has 1 aliphatic rings. The number of rotatable bonds is 7. The third kappa shape index (κ3) is 6.18. The van der Waals surface area contributed by atoms with Gasteiger partial charge in [0, 0.05) is 43.2 Å². The van der Waals surface area contributed by atoms with Gasteiger partial charge in [-0.1, -0.05) is 0 Å². The van der Waals surface area contributed by atoms with Crippen LogP contribution in [0.4, 0.5) is 5.69 Å². The maximum Gasteiger partial charge on any atom is 0.251 e. The van der Waals surface area contributed by atoms with Crippen LogP contribution in [0, 0.1) is 0 Å². The summed E-state index contributed by atoms with van der Waals surface area (Å²) in [6, 6.07) is 10.6. The molecule has 27 heavy (non-hydrogen) atoms. The van der Waals surface area contributed by atoms with E-state index in [1.54, 1.807) is 36.7 Å². The van der Waals surface area contributed by atoms with Crippen molar-refractivity contribution in [2.45, 2.75) is 44.8 Å². The second-order valence-electron chi connectivity index (χ2n) is 6.69. The highest BCUT2D eigenvalue weighted by Crippen LogP contribution is 2.17. The number of benzene rings is 1. The molecule has 2 N–H and O–H groups in total. The maximum absolute atomic E-state index is 12.2. The van der Waals surface area contributed by atoms with Gasteiger partial charge in [-0.15, -0.1) is 0 Å². The van der Waals surface area contributed by atoms with E-state index in [4.69, 9.17) is 4.74 Å². The number of aromatic nitrogens is 1. The van der Waals surface area contributed by atoms with Crippen LogP contribution in [0.5, 0.6) is 0 Å². The summed E-state index contributed by atoms with van der Waals surface area (Å²) in [6.07, 6.45) is 8.12. The minimum absolute atomic E-state index is 0.0286. The van der Waals surface area contributed by atoms with Gasteiger partial charge >= 0.3 is 0 Å². The van der Waals surface area contributed by atoms with Crippen LogP contribution in [0.15, 0.2) is 48.8 Å². The third-order valence-electron chi connectivity index (χ3n) is 4.60. The predicted octanol–water partition coefficient (Wildman–Crippen LogP) is 3.30. The van der Waals surface area contributed by atoms with Gasteiger partial charge in [0.2, 0.25) is 5.91 Å². The van der Waals surface area contributed by atoms with Crippen LogP contribution in [-0.4, -0.2) is 29.5 Å². The van der Waals surface area contributed by atoms with Gasteiger partial charge in [0.15, 0.2) is 0 Å². The Bertz CT molecular complexity index is 741. The van der Waals surface area contributed by atoms with E-state index in [9.17, 15) is 9.59 Å². The molecule has 1 aliphatic heterocycles. The molecule has 1 fully saturated rings. The predicted molar refractivity (Wildman–Crippen MR) is 103 cm³/mol. The highest BCUT2D eigenvalue weighted by atomic mass is 16.5. The largest absolute Gasteiger partial charge is 0.378 e. The normalized spacial score (nSPS) is 16.5. The average Bonchev–Trinajstić information content (AvgIpc) is 2.72. The lowest BCUT2D eigenvalue weighted by Gasteiger charge is -2.22. The van der Waals surface area contributed by atoms with E-state index in [1.165, 1.54) is 6.42 Å². The van der Waals surface area contributed by atoms with Crippen molar-refractivity contribution in [3.05, 3.63) is 59.9 Å². The molecule has 0 aliphatic carbocycles. The maximum atomic E-state index is 12.2. The number of pyridine rings is 1. The van der Waals surface area contributed by atoms with Crippen LogP contribution >= 0.6 is 0 Å². The van der Waals surface area contributed by atoms with Crippen LogP contribution in [0.25, 0.3) is 0 Å². The summed E-state index contributed by atoms with van der Waals surface area (Å²) in [5.74, 6) is -0.182. The number of nitrogens with zero attached hydrogens (tertiary/aromatic N) is 1. The first-order chi connectivity index (χ1) is 13.2. The zero-order valence-corrected chi connectivity index (χ0v) is 15.3. The molecule has 2 heterocycles. The smallest absolute Gasteiger partial charge is 0.251 e. The van der Waals surface area contributed by atoms with Gasteiger partial charge in [-0.3, -0.25) is 14.6 Å². The SMILES string of the molecule is O=C(CCC1CCCCO1)Nc1ccc(C(=O)NCc2ccncc2)cc1. The minimum atomic E-state index is -0.154. The standard InChI is InChI=1S/C21H25N3O3/c25-20(9-8-19-3-1-2-14-27-19)24-18-6-4-17(5-7-18)21(26)23-15-16-10-12-22-13-11-16/h4-7,10-13,19H,1-3,8-9,14-15H2,(H,23,26)(H,24,25). The van der Waals surface area contributed by atoms with Crippen molar-refractivity contribution in [3.63, 3.8) is 0 Å². The van der Waals surface area contributed by atoms with Crippen molar-refractivity contribution >= 4 is 17.5 Å². The number of carbonyl (C=O) groups is 2. The summed E-state index contributed by atoms with van der Waals surface area (Å²) in [6.45, 7) is 1.25. The second kappa shape index (κ2) is 9.83. The Morgan fingerprint density at radius 1 is 1.07 bits per heavy atom. The first kappa shape index (κ1) is 19.0. The number of ether oxygens (including phenoxy) is 1. The topological polar surface area (TPSA) is 80.3 Å². The Morgan fingerprint density at radius 2 is 1.85 bits per heavy atom. The lowest BCUT2D eigenvalue weighted by Crippen LogP contribution is -2.23. The summed E-state index contributed by atoms with van der Waals surface area (Å²) >= 11 is 0. The first-order valence-electron chi connectivity index (χ1n) is 9.39. The van der Waals surface area contributed by atoms with Gasteiger partial charge in [-0.25, -0.2) is 0 Å². The molecule has 1 saturated heterocycles. The van der Waals surface area contributed by atoms with Gasteiger partial charge < -0.3 is 15.4 Å². The fourth-order valence-corrected chi connectivity index (χ4v) is 3.04. The molecule has 6 nitrogen and oxygen atoms in total. The average molecular weight is 367 g/mol. The molecule has 0 spiro atoms. The number of hydrogen-bond donors (Lipinski definition) is 2. The monoisotopic (exact) mass is 367 g/mol. The van der Waals surface area contributed by atoms with Crippen molar-refractivity contribution in [1.82, 2.24) is 10.3 Å². The Hall–Kier alpha value is -2.73. The van der Waals surface area contributed by atoms with Gasteiger partial charge in [0.1, 0.15) is 0 Å². The van der Waals surface area contributed by atoms with E-state index in [-0.39, 0.29) is 17.9 Å². The van der Waals surface area contributed by atoms with Gasteiger partial charge in [0.05, 0.1) is 6.10 Å². The number of nitrogens with one attached hydrogen (secondary N) is 2. The Morgan fingerprint density at radius 3 is 2.56 bits per heavy atom. The van der Waals surface area contributed by atoms with E-state index >= 15 is 0 Å². The lowest BCUT2D eigenvalue weighted by atomic mass is 10.0. The highest BCUT2D eigenvalue weighted by molar-refractivity contribution is 5.95. The molecule has 6 heteroatoms. The molecule has 0 radical (unpaired) electrons. The van der Waals surface area contributed by atoms with Crippen LogP contribution in [0.2, 0.25) is 0 Å². The zero-order valence-electron chi connectivity index (χ0n) is 15.3. The molecular weight excluding hydrogens is 342 g/mol. The third-order valence-corrected chi connectivity index (χ3v) is 4.60. The van der Waals surface area contributed by atoms with Crippen molar-refractivity contribution in [1.29, 1.82) is 0 Å². The number of hydrogen-bond acceptors (Lipinski definition) is 4. The summed E-state index contributed by atoms with van der Waals surface area (Å²) in [5, 5.41) is 5.74. The summed E-state index contributed by atoms with van der Waals surface area (Å²) in [5.41, 5.74) is 2.23. The molecule has 0 bridgehead atoms. The van der Waals surface area contributed by atoms with Crippen molar-refractivity contribution in [3.8, 4) is 0 Å². The van der Waals surface area contributed by atoms with Crippen molar-refractivity contribution in [2.75, 3.05) is 11.9 Å². The summed E-state index contributed by atoms with van der Waals surface area (Å²) < 4.78 is 5.65. The van der Waals surface area contributed by atoms with Crippen LogP contribution in [0.1, 0.15) is 48.0 Å². The molecule has 142 valence electrons. The number of anilines is 1. The fourth-order valence-electron chi connectivity index (χ4n) is 3.04. The Balaban J connectivity index is 1.43. The molecule has 1 aromatic heterocycles. The first-order valence-corrected chi connectivity index (χ1v) is 9.39. The molecule has 2 aromatic rings. The minimum Gasteiger partial charge on any atom is -0.378 e. The van der Waals surface area contributed by atoms with E-state index in [2.05, 4.69) is 15.6 Å². The zero-order chi connectivity index (χ0) is 18.9. The number of amides is 2. The van der Waals surface area contributed by atoms with Gasteiger partial charge in [-0.2, -0.15) is 0 Å². The molecule has 1 aromatic carbocycles. The molecular formula is C21H25N3O3. The quantitative estimate of drug-likeness (QED) is 0.787. The van der Waals surface area contributed by atoms with Crippen LogP contribution in [0.3, 0.4) is 0 Å². The van der Waals surface area contributed by atoms with Gasteiger partial charge in [-0.05, 0) is 67.6 Å². The summed E-state index contributed by atoms with van der Waals surface area (Å²) in [4.78, 5) is 28.2. The Labute approximate surface area is 159 Å². The van der Waals surface area contributed by atoms with Crippen LogP contribution < -0.4 is 10.6 Å². The summed E-state index contributed by atoms with van der Waals surface area (Å²) in [7, 11) is 0. The van der Waals surface area contributed by atoms with Crippen molar-refractivity contribution in [2.24, 2.45) is 0 Å². The van der Waals surface area contributed by atoms with Crippen molar-refractivity contribution < 1.29 is 14.3 Å². The molecule has 3 rings (SSSR count). The molecule has 2 amide bonds. The fraction of sp³-hybridized carbons (Fsp3) is 0.381. The number of carbonyl (C=O) groups excluding carboxylic acids is 2. The van der Waals surface area contributed by atoms with Gasteiger partial charge in [0.25, 0.3) is 5.91 Å². The van der Waals surface area contributed by atoms with E-state index < -0.39 is 0 Å². The highest BCUT2D eigenvalue weighted by Gasteiger charge is 2.15. The lowest BCUT2D eigenvalue weighted by molar-refractivity contribution is -0.117. The molecule has 0 saturated carbocycles. The Kier molecular flexibility index (Phi) is 6.93. The van der Waals surface area contributed by atoms with E-state index in [0.717, 1.165) is 31.4 Å². The second-order valence-corrected chi connectivity index (χ2v) is 6.69.